The molecule has 0 radical (unpaired) electrons. The van der Waals surface area contributed by atoms with E-state index < -0.39 is 0 Å². The normalized spacial score (nSPS) is 23.1. The number of methoxy groups -OCH3 is 1. The van der Waals surface area contributed by atoms with E-state index >= 15 is 0 Å². The van der Waals surface area contributed by atoms with E-state index in [-0.39, 0.29) is 0 Å². The van der Waals surface area contributed by atoms with E-state index in [1.807, 2.05) is 12.1 Å². The van der Waals surface area contributed by atoms with Gasteiger partial charge in [0.2, 0.25) is 0 Å². The van der Waals surface area contributed by atoms with Gasteiger partial charge in [-0.2, -0.15) is 11.8 Å². The molecule has 1 saturated heterocycles. The highest BCUT2D eigenvalue weighted by molar-refractivity contribution is 8.00. The maximum atomic E-state index is 5.47. The number of fused-ring (bicyclic) bond motifs is 1. The van der Waals surface area contributed by atoms with Gasteiger partial charge in [0, 0.05) is 17.4 Å². The molecule has 2 heterocycles. The molecule has 1 atom stereocenters. The number of hydrogen-bond donors (Lipinski definition) is 1. The second kappa shape index (κ2) is 4.87. The number of aromatic amines is 1. The first-order valence-corrected chi connectivity index (χ1v) is 7.91. The van der Waals surface area contributed by atoms with Crippen molar-refractivity contribution in [3.63, 3.8) is 0 Å². The monoisotopic (exact) mass is 294 g/mol. The maximum Gasteiger partial charge on any atom is 0.178 e. The second-order valence-corrected chi connectivity index (χ2v) is 7.37. The summed E-state index contributed by atoms with van der Waals surface area (Å²) in [5, 5.41) is 0. The van der Waals surface area contributed by atoms with Gasteiger partial charge in [-0.1, -0.05) is 0 Å². The van der Waals surface area contributed by atoms with E-state index in [1.54, 1.807) is 7.11 Å². The van der Waals surface area contributed by atoms with Gasteiger partial charge in [-0.25, -0.2) is 0 Å². The van der Waals surface area contributed by atoms with E-state index in [1.165, 1.54) is 18.6 Å². The fraction of sp³-hybridized carbons (Fsp3) is 0.500. The first-order valence-electron chi connectivity index (χ1n) is 6.52. The average molecular weight is 294 g/mol. The van der Waals surface area contributed by atoms with Gasteiger partial charge in [0.15, 0.2) is 4.77 Å². The molecule has 1 aliphatic heterocycles. The van der Waals surface area contributed by atoms with Crippen LogP contribution < -0.4 is 4.74 Å². The molecule has 1 fully saturated rings. The molecule has 0 spiro atoms. The number of imidazole rings is 1. The van der Waals surface area contributed by atoms with Crippen molar-refractivity contribution in [1.82, 2.24) is 9.55 Å². The number of aromatic nitrogens is 2. The van der Waals surface area contributed by atoms with Gasteiger partial charge in [-0.3, -0.25) is 0 Å². The van der Waals surface area contributed by atoms with Gasteiger partial charge in [0.25, 0.3) is 0 Å². The topological polar surface area (TPSA) is 29.9 Å². The van der Waals surface area contributed by atoms with Crippen LogP contribution >= 0.6 is 24.0 Å². The minimum absolute atomic E-state index is 0.302. The number of nitrogens with one attached hydrogen (secondary N) is 1. The van der Waals surface area contributed by atoms with Gasteiger partial charge in [-0.05, 0) is 49.9 Å². The Morgan fingerprint density at radius 1 is 1.53 bits per heavy atom. The highest BCUT2D eigenvalue weighted by Gasteiger charge is 2.30. The predicted molar refractivity (Wildman–Crippen MR) is 83.8 cm³/mol. The zero-order valence-electron chi connectivity index (χ0n) is 11.2. The molecule has 1 N–H and O–H groups in total. The number of nitrogens with zero attached hydrogens (tertiary/aromatic N) is 1. The Kier molecular flexibility index (Phi) is 3.35. The molecule has 3 nitrogen and oxygen atoms in total. The van der Waals surface area contributed by atoms with Crippen LogP contribution in [0.3, 0.4) is 0 Å². The Bertz CT molecular complexity index is 653. The lowest BCUT2D eigenvalue weighted by atomic mass is 10.1. The van der Waals surface area contributed by atoms with Crippen LogP contribution in [0.25, 0.3) is 11.0 Å². The van der Waals surface area contributed by atoms with Gasteiger partial charge < -0.3 is 14.3 Å². The average Bonchev–Trinajstić information content (AvgIpc) is 2.95. The third-order valence-electron chi connectivity index (χ3n) is 3.78. The summed E-state index contributed by atoms with van der Waals surface area (Å²) in [6, 6.07) is 6.05. The quantitative estimate of drug-likeness (QED) is 0.868. The highest BCUT2D eigenvalue weighted by atomic mass is 32.2. The summed E-state index contributed by atoms with van der Waals surface area (Å²) >= 11 is 7.53. The summed E-state index contributed by atoms with van der Waals surface area (Å²) in [6.45, 7) is 3.30. The van der Waals surface area contributed by atoms with Gasteiger partial charge in [0.05, 0.1) is 18.1 Å². The maximum absolute atomic E-state index is 5.47. The molecule has 1 aromatic heterocycles. The molecule has 5 heteroatoms. The third-order valence-corrected chi connectivity index (χ3v) is 5.62. The molecule has 1 aliphatic rings. The number of benzene rings is 1. The molecule has 0 bridgehead atoms. The van der Waals surface area contributed by atoms with Crippen LogP contribution in [0.15, 0.2) is 18.2 Å². The Morgan fingerprint density at radius 3 is 3.05 bits per heavy atom. The third kappa shape index (κ3) is 2.41. The smallest absolute Gasteiger partial charge is 0.178 e. The van der Waals surface area contributed by atoms with Crippen molar-refractivity contribution >= 4 is 35.0 Å². The van der Waals surface area contributed by atoms with Gasteiger partial charge in [0.1, 0.15) is 5.75 Å². The zero-order valence-corrected chi connectivity index (χ0v) is 12.9. The largest absolute Gasteiger partial charge is 0.497 e. The number of thioether (sulfide) groups is 1. The summed E-state index contributed by atoms with van der Waals surface area (Å²) in [5.74, 6) is 2.13. The van der Waals surface area contributed by atoms with Crippen molar-refractivity contribution in [2.24, 2.45) is 0 Å². The van der Waals surface area contributed by atoms with Crippen molar-refractivity contribution < 1.29 is 4.74 Å². The molecule has 1 unspecified atom stereocenters. The Hall–Kier alpha value is -0.940. The van der Waals surface area contributed by atoms with Crippen molar-refractivity contribution in [2.45, 2.75) is 31.1 Å². The van der Waals surface area contributed by atoms with Crippen LogP contribution in [0, 0.1) is 4.77 Å². The lowest BCUT2D eigenvalue weighted by Crippen LogP contribution is -2.23. The minimum Gasteiger partial charge on any atom is -0.497 e. The molecule has 2 aromatic rings. The van der Waals surface area contributed by atoms with Crippen LogP contribution in [0.4, 0.5) is 0 Å². The number of ether oxygens (including phenoxy) is 1. The van der Waals surface area contributed by atoms with Crippen LogP contribution in [-0.4, -0.2) is 27.2 Å². The zero-order chi connectivity index (χ0) is 13.5. The Morgan fingerprint density at radius 2 is 2.37 bits per heavy atom. The summed E-state index contributed by atoms with van der Waals surface area (Å²) in [6.07, 6.45) is 2.57. The Labute approximate surface area is 122 Å². The summed E-state index contributed by atoms with van der Waals surface area (Å²) in [4.78, 5) is 3.28. The fourth-order valence-corrected chi connectivity index (χ4v) is 4.28. The van der Waals surface area contributed by atoms with Crippen molar-refractivity contribution in [1.29, 1.82) is 0 Å². The molecular formula is C14H18N2OS2. The first kappa shape index (κ1) is 13.1. The summed E-state index contributed by atoms with van der Waals surface area (Å²) < 4.78 is 8.63. The number of H-pyrrole nitrogens is 1. The first-order chi connectivity index (χ1) is 9.11. The molecular weight excluding hydrogens is 276 g/mol. The number of hydrogen-bond acceptors (Lipinski definition) is 3. The lowest BCUT2D eigenvalue weighted by molar-refractivity contribution is 0.415. The van der Waals surface area contributed by atoms with Crippen molar-refractivity contribution in [3.05, 3.63) is 23.0 Å². The molecule has 3 rings (SSSR count). The van der Waals surface area contributed by atoms with E-state index in [0.29, 0.717) is 4.75 Å². The SMILES string of the molecule is COc1ccc2[nH]c(=S)n(CC3(C)CCCS3)c2c1. The summed E-state index contributed by atoms with van der Waals surface area (Å²) in [7, 11) is 1.70. The van der Waals surface area contributed by atoms with E-state index in [4.69, 9.17) is 17.0 Å². The van der Waals surface area contributed by atoms with E-state index in [2.05, 4.69) is 34.3 Å². The molecule has 19 heavy (non-hydrogen) atoms. The molecule has 0 saturated carbocycles. The molecule has 1 aromatic carbocycles. The second-order valence-electron chi connectivity index (χ2n) is 5.30. The predicted octanol–water partition coefficient (Wildman–Crippen LogP) is 3.99. The highest BCUT2D eigenvalue weighted by Crippen LogP contribution is 2.39. The number of rotatable bonds is 3. The Balaban J connectivity index is 2.06. The minimum atomic E-state index is 0.302. The van der Waals surface area contributed by atoms with E-state index in [9.17, 15) is 0 Å². The van der Waals surface area contributed by atoms with Gasteiger partial charge in [-0.15, -0.1) is 0 Å². The van der Waals surface area contributed by atoms with Crippen LogP contribution in [0.2, 0.25) is 0 Å². The van der Waals surface area contributed by atoms with E-state index in [0.717, 1.165) is 28.1 Å². The standard InChI is InChI=1S/C14H18N2OS2/c1-14(6-3-7-19-14)9-16-12-8-10(17-2)4-5-11(12)15-13(16)18/h4-5,8H,3,6-7,9H2,1-2H3,(H,15,18). The van der Waals surface area contributed by atoms with Crippen molar-refractivity contribution in [2.75, 3.05) is 12.9 Å². The molecule has 0 aliphatic carbocycles. The van der Waals surface area contributed by atoms with Crippen LogP contribution in [0.5, 0.6) is 5.75 Å². The summed E-state index contributed by atoms with van der Waals surface area (Å²) in [5.41, 5.74) is 2.22. The lowest BCUT2D eigenvalue weighted by Gasteiger charge is -2.23. The fourth-order valence-electron chi connectivity index (χ4n) is 2.71. The molecule has 0 amide bonds. The van der Waals surface area contributed by atoms with Gasteiger partial charge >= 0.3 is 0 Å². The van der Waals surface area contributed by atoms with Crippen molar-refractivity contribution in [3.8, 4) is 5.75 Å². The van der Waals surface area contributed by atoms with Crippen LogP contribution in [-0.2, 0) is 6.54 Å². The molecule has 102 valence electrons. The van der Waals surface area contributed by atoms with Crippen LogP contribution in [0.1, 0.15) is 19.8 Å².